The van der Waals surface area contributed by atoms with E-state index in [1.807, 2.05) is 6.20 Å². The highest BCUT2D eigenvalue weighted by atomic mass is 16.5. The van der Waals surface area contributed by atoms with Gasteiger partial charge in [0.2, 0.25) is 0 Å². The zero-order chi connectivity index (χ0) is 10.8. The number of hydrogen-bond donors (Lipinski definition) is 1. The topological polar surface area (TPSA) is 37.9 Å². The molecule has 1 heterocycles. The Morgan fingerprint density at radius 1 is 1.43 bits per heavy atom. The monoisotopic (exact) mass is 192 g/mol. The van der Waals surface area contributed by atoms with Crippen molar-refractivity contribution in [3.8, 4) is 0 Å². The van der Waals surface area contributed by atoms with Crippen molar-refractivity contribution in [1.82, 2.24) is 10.2 Å². The molecule has 0 amide bonds. The van der Waals surface area contributed by atoms with Crippen LogP contribution in [0.4, 0.5) is 0 Å². The van der Waals surface area contributed by atoms with Crippen molar-refractivity contribution in [2.75, 3.05) is 0 Å². The molecule has 1 aromatic rings. The number of nitrogens with zero attached hydrogens (tertiary/aromatic N) is 1. The Balaban J connectivity index is 2.53. The van der Waals surface area contributed by atoms with Gasteiger partial charge in [-0.05, 0) is 24.6 Å². The molecular formula is C9H18B2N2O. The number of nitrogens with one attached hydrogen (secondary N) is 1. The highest BCUT2D eigenvalue weighted by Crippen LogP contribution is 2.36. The molecule has 0 atom stereocenters. The molecule has 0 saturated carbocycles. The summed E-state index contributed by atoms with van der Waals surface area (Å²) in [6.07, 6.45) is 3.65. The van der Waals surface area contributed by atoms with Crippen LogP contribution in [0, 0.1) is 0 Å². The van der Waals surface area contributed by atoms with E-state index in [1.54, 1.807) is 6.20 Å². The van der Waals surface area contributed by atoms with E-state index in [4.69, 9.17) is 4.65 Å². The van der Waals surface area contributed by atoms with E-state index in [0.717, 1.165) is 5.46 Å². The molecule has 76 valence electrons. The molecule has 3 nitrogen and oxygen atoms in total. The summed E-state index contributed by atoms with van der Waals surface area (Å²) in [5.74, 6) is 0. The number of hydrogen-bond acceptors (Lipinski definition) is 2. The molecule has 5 heteroatoms. The van der Waals surface area contributed by atoms with E-state index in [-0.39, 0.29) is 10.9 Å². The van der Waals surface area contributed by atoms with Crippen molar-refractivity contribution in [3.05, 3.63) is 12.4 Å². The van der Waals surface area contributed by atoms with Crippen molar-refractivity contribution < 1.29 is 4.65 Å². The van der Waals surface area contributed by atoms with Crippen LogP contribution in [0.5, 0.6) is 0 Å². The zero-order valence-corrected chi connectivity index (χ0v) is 9.72. The fourth-order valence-electron chi connectivity index (χ4n) is 0.837. The van der Waals surface area contributed by atoms with Gasteiger partial charge in [-0.1, -0.05) is 13.8 Å². The molecule has 0 saturated heterocycles. The van der Waals surface area contributed by atoms with E-state index >= 15 is 0 Å². The molecule has 0 spiro atoms. The molecule has 1 rings (SSSR count). The van der Waals surface area contributed by atoms with Gasteiger partial charge in [-0.25, -0.2) is 0 Å². The van der Waals surface area contributed by atoms with Crippen LogP contribution in [0.2, 0.25) is 5.31 Å². The van der Waals surface area contributed by atoms with Crippen LogP contribution in [0.25, 0.3) is 0 Å². The standard InChI is InChI=1S/C9H18B2N2O/c1-8(2,10)9(3,4)14-11-7-5-12-13-6-7/h5-6,11H,10H2,1-4H3,(H,12,13). The maximum absolute atomic E-state index is 5.88. The molecule has 14 heavy (non-hydrogen) atoms. The van der Waals surface area contributed by atoms with Crippen LogP contribution in [0.15, 0.2) is 12.4 Å². The third-order valence-corrected chi connectivity index (χ3v) is 2.96. The minimum atomic E-state index is -0.135. The fraction of sp³-hybridized carbons (Fsp3) is 0.667. The van der Waals surface area contributed by atoms with Crippen molar-refractivity contribution in [1.29, 1.82) is 0 Å². The Morgan fingerprint density at radius 2 is 2.07 bits per heavy atom. The molecule has 0 aromatic carbocycles. The summed E-state index contributed by atoms with van der Waals surface area (Å²) in [5.41, 5.74) is 0.951. The minimum Gasteiger partial charge on any atom is -0.430 e. The first-order valence-electron chi connectivity index (χ1n) is 4.94. The number of H-pyrrole nitrogens is 1. The van der Waals surface area contributed by atoms with Crippen molar-refractivity contribution in [3.63, 3.8) is 0 Å². The van der Waals surface area contributed by atoms with E-state index in [0.29, 0.717) is 7.48 Å². The van der Waals surface area contributed by atoms with Gasteiger partial charge in [-0.3, -0.25) is 5.10 Å². The molecule has 0 aliphatic rings. The van der Waals surface area contributed by atoms with Crippen LogP contribution in [0.3, 0.4) is 0 Å². The lowest BCUT2D eigenvalue weighted by molar-refractivity contribution is 0.0767. The third kappa shape index (κ3) is 2.64. The van der Waals surface area contributed by atoms with Gasteiger partial charge in [0.05, 0.1) is 0 Å². The normalized spacial score (nSPS) is 12.9. The number of aromatic nitrogens is 2. The summed E-state index contributed by atoms with van der Waals surface area (Å²) >= 11 is 0. The Labute approximate surface area is 87.3 Å². The molecule has 0 unspecified atom stereocenters. The minimum absolute atomic E-state index is 0.135. The quantitative estimate of drug-likeness (QED) is 0.682. The van der Waals surface area contributed by atoms with Crippen molar-refractivity contribution in [2.24, 2.45) is 0 Å². The first-order chi connectivity index (χ1) is 6.33. The van der Waals surface area contributed by atoms with Crippen LogP contribution in [0.1, 0.15) is 27.7 Å². The summed E-state index contributed by atoms with van der Waals surface area (Å²) in [7, 11) is 2.79. The van der Waals surface area contributed by atoms with Gasteiger partial charge in [0.1, 0.15) is 7.85 Å². The Kier molecular flexibility index (Phi) is 3.10. The molecule has 0 radical (unpaired) electrons. The lowest BCUT2D eigenvalue weighted by Gasteiger charge is -2.39. The Hall–Kier alpha value is -0.700. The highest BCUT2D eigenvalue weighted by molar-refractivity contribution is 6.46. The lowest BCUT2D eigenvalue weighted by atomic mass is 9.61. The SMILES string of the molecule is BC(C)(C)C(C)(C)OBc1cn[nH]c1. The second-order valence-corrected chi connectivity index (χ2v) is 5.16. The van der Waals surface area contributed by atoms with Crippen molar-refractivity contribution >= 4 is 20.8 Å². The average molecular weight is 192 g/mol. The van der Waals surface area contributed by atoms with E-state index in [9.17, 15) is 0 Å². The fourth-order valence-corrected chi connectivity index (χ4v) is 0.837. The van der Waals surface area contributed by atoms with Crippen LogP contribution in [-0.4, -0.2) is 31.1 Å². The molecular weight excluding hydrogens is 174 g/mol. The largest absolute Gasteiger partial charge is 0.430 e. The van der Waals surface area contributed by atoms with E-state index < -0.39 is 0 Å². The molecule has 0 aliphatic carbocycles. The van der Waals surface area contributed by atoms with Gasteiger partial charge in [0, 0.05) is 18.0 Å². The third-order valence-electron chi connectivity index (χ3n) is 2.96. The average Bonchev–Trinajstić information content (AvgIpc) is 2.50. The second-order valence-electron chi connectivity index (χ2n) is 5.16. The smallest absolute Gasteiger partial charge is 0.312 e. The predicted octanol–water partition coefficient (Wildman–Crippen LogP) is 0.0133. The van der Waals surface area contributed by atoms with Crippen LogP contribution in [-0.2, 0) is 4.65 Å². The predicted molar refractivity (Wildman–Crippen MR) is 63.1 cm³/mol. The summed E-state index contributed by atoms with van der Waals surface area (Å²) in [4.78, 5) is 0. The van der Waals surface area contributed by atoms with Gasteiger partial charge in [-0.2, -0.15) is 5.10 Å². The van der Waals surface area contributed by atoms with E-state index in [1.165, 1.54) is 0 Å². The maximum Gasteiger partial charge on any atom is 0.312 e. The lowest BCUT2D eigenvalue weighted by Crippen LogP contribution is -2.40. The number of aromatic amines is 1. The first kappa shape index (κ1) is 11.4. The Bertz CT molecular complexity index is 278. The van der Waals surface area contributed by atoms with Gasteiger partial charge < -0.3 is 4.65 Å². The van der Waals surface area contributed by atoms with Crippen LogP contribution >= 0.6 is 0 Å². The zero-order valence-electron chi connectivity index (χ0n) is 9.72. The summed E-state index contributed by atoms with van der Waals surface area (Å²) in [6, 6.07) is 0. The summed E-state index contributed by atoms with van der Waals surface area (Å²) in [5, 5.41) is 6.79. The molecule has 0 aliphatic heterocycles. The first-order valence-corrected chi connectivity index (χ1v) is 4.94. The molecule has 0 bridgehead atoms. The number of rotatable bonds is 4. The van der Waals surface area contributed by atoms with Gasteiger partial charge >= 0.3 is 7.48 Å². The van der Waals surface area contributed by atoms with Gasteiger partial charge in [0.25, 0.3) is 0 Å². The highest BCUT2D eigenvalue weighted by Gasteiger charge is 2.33. The van der Waals surface area contributed by atoms with Gasteiger partial charge in [0.15, 0.2) is 0 Å². The van der Waals surface area contributed by atoms with Crippen molar-refractivity contribution in [2.45, 2.75) is 38.6 Å². The maximum atomic E-state index is 5.88. The Morgan fingerprint density at radius 3 is 2.50 bits per heavy atom. The summed E-state index contributed by atoms with van der Waals surface area (Å²) < 4.78 is 5.88. The molecule has 1 aromatic heterocycles. The molecule has 1 N–H and O–H groups in total. The molecule has 0 fully saturated rings. The summed E-state index contributed by atoms with van der Waals surface area (Å²) in [6.45, 7) is 8.60. The second kappa shape index (κ2) is 3.81. The van der Waals surface area contributed by atoms with E-state index in [2.05, 4.69) is 45.7 Å². The van der Waals surface area contributed by atoms with Gasteiger partial charge in [-0.15, -0.1) is 0 Å². The van der Waals surface area contributed by atoms with Crippen LogP contribution < -0.4 is 5.46 Å².